The minimum Gasteiger partial charge on any atom is -0.491 e. The van der Waals surface area contributed by atoms with Crippen molar-refractivity contribution in [2.24, 2.45) is 0 Å². The molecule has 0 aliphatic carbocycles. The van der Waals surface area contributed by atoms with Crippen molar-refractivity contribution in [3.8, 4) is 17.4 Å². The summed E-state index contributed by atoms with van der Waals surface area (Å²) < 4.78 is 82.6. The molecule has 1 N–H and O–H groups in total. The smallest absolute Gasteiger partial charge is 0.417 e. The van der Waals surface area contributed by atoms with E-state index in [1.165, 1.54) is 7.11 Å². The van der Waals surface area contributed by atoms with Crippen LogP contribution in [-0.4, -0.2) is 45.5 Å². The number of nitrogens with one attached hydrogen (secondary N) is 1. The molecule has 1 aromatic carbocycles. The van der Waals surface area contributed by atoms with Gasteiger partial charge in [-0.25, -0.2) is 18.1 Å². The fraction of sp³-hybridized carbons (Fsp3) is 0.522. The Morgan fingerprint density at radius 3 is 2.46 bits per heavy atom. The summed E-state index contributed by atoms with van der Waals surface area (Å²) in [5, 5.41) is -0.312. The summed E-state index contributed by atoms with van der Waals surface area (Å²) in [6.45, 7) is 4.45. The number of rotatable bonds is 14. The SMILES string of the molecule is CCC(CC)NS(=O)(=O)CCCc1ccc(OCCOC)cc1Oc1ncc(C(F)(F)F)cc1Cl. The van der Waals surface area contributed by atoms with E-state index in [0.717, 1.165) is 6.07 Å². The van der Waals surface area contributed by atoms with Gasteiger partial charge < -0.3 is 14.2 Å². The molecular weight excluding hydrogens is 509 g/mol. The lowest BCUT2D eigenvalue weighted by Crippen LogP contribution is -2.35. The van der Waals surface area contributed by atoms with Crippen LogP contribution in [0.2, 0.25) is 5.02 Å². The largest absolute Gasteiger partial charge is 0.491 e. The van der Waals surface area contributed by atoms with Gasteiger partial charge in [-0.05, 0) is 43.4 Å². The number of aromatic nitrogens is 1. The maximum absolute atomic E-state index is 12.9. The van der Waals surface area contributed by atoms with Crippen LogP contribution in [0.3, 0.4) is 0 Å². The van der Waals surface area contributed by atoms with Crippen LogP contribution in [0.5, 0.6) is 17.4 Å². The third-order valence-corrected chi connectivity index (χ3v) is 6.92. The Balaban J connectivity index is 2.22. The van der Waals surface area contributed by atoms with Crippen LogP contribution in [0.15, 0.2) is 30.5 Å². The first kappa shape index (κ1) is 29.2. The van der Waals surface area contributed by atoms with E-state index in [1.54, 1.807) is 18.2 Å². The van der Waals surface area contributed by atoms with E-state index in [0.29, 0.717) is 49.8 Å². The Bertz CT molecular complexity index is 1060. The van der Waals surface area contributed by atoms with E-state index >= 15 is 0 Å². The average molecular weight is 539 g/mol. The van der Waals surface area contributed by atoms with Crippen molar-refractivity contribution in [3.63, 3.8) is 0 Å². The van der Waals surface area contributed by atoms with Crippen molar-refractivity contribution in [2.45, 2.75) is 51.7 Å². The molecule has 0 unspecified atom stereocenters. The van der Waals surface area contributed by atoms with Crippen LogP contribution in [-0.2, 0) is 27.4 Å². The standard InChI is InChI=1S/C23H30ClF3N2O5S/c1-4-18(5-2)29-35(30,31)12-6-7-16-8-9-19(33-11-10-32-3)14-21(16)34-22-20(24)13-17(15-28-22)23(25,26)27/h8-9,13-15,18,29H,4-7,10-12H2,1-3H3. The number of methoxy groups -OCH3 is 1. The quantitative estimate of drug-likeness (QED) is 0.315. The first-order valence-electron chi connectivity index (χ1n) is 11.1. The van der Waals surface area contributed by atoms with Crippen molar-refractivity contribution in [1.29, 1.82) is 0 Å². The average Bonchev–Trinajstić information content (AvgIpc) is 2.79. The Morgan fingerprint density at radius 2 is 1.86 bits per heavy atom. The number of aryl methyl sites for hydroxylation is 1. The van der Waals surface area contributed by atoms with Crippen molar-refractivity contribution in [2.75, 3.05) is 26.1 Å². The van der Waals surface area contributed by atoms with Gasteiger partial charge in [0, 0.05) is 25.4 Å². The molecule has 0 aliphatic rings. The molecule has 0 bridgehead atoms. The number of halogens is 4. The Kier molecular flexibility index (Phi) is 11.1. The highest BCUT2D eigenvalue weighted by Gasteiger charge is 2.32. The minimum atomic E-state index is -4.59. The zero-order chi connectivity index (χ0) is 26.1. The van der Waals surface area contributed by atoms with E-state index in [-0.39, 0.29) is 35.1 Å². The Labute approximate surface area is 209 Å². The molecule has 2 rings (SSSR count). The van der Waals surface area contributed by atoms with Crippen molar-refractivity contribution in [1.82, 2.24) is 9.71 Å². The van der Waals surface area contributed by atoms with Gasteiger partial charge in [-0.3, -0.25) is 0 Å². The molecule has 35 heavy (non-hydrogen) atoms. The third kappa shape index (κ3) is 9.47. The molecule has 1 heterocycles. The van der Waals surface area contributed by atoms with Gasteiger partial charge in [0.15, 0.2) is 0 Å². The lowest BCUT2D eigenvalue weighted by atomic mass is 10.1. The number of ether oxygens (including phenoxy) is 3. The summed E-state index contributed by atoms with van der Waals surface area (Å²) in [7, 11) is -1.93. The van der Waals surface area contributed by atoms with Crippen molar-refractivity contribution in [3.05, 3.63) is 46.6 Å². The van der Waals surface area contributed by atoms with Crippen LogP contribution in [0.25, 0.3) is 0 Å². The summed E-state index contributed by atoms with van der Waals surface area (Å²) in [5.74, 6) is 0.387. The number of alkyl halides is 3. The molecule has 0 fully saturated rings. The first-order chi connectivity index (χ1) is 16.5. The summed E-state index contributed by atoms with van der Waals surface area (Å²) in [5.41, 5.74) is -0.374. The molecule has 7 nitrogen and oxygen atoms in total. The summed E-state index contributed by atoms with van der Waals surface area (Å²) in [6.07, 6.45) is -1.95. The zero-order valence-electron chi connectivity index (χ0n) is 19.8. The number of nitrogens with zero attached hydrogens (tertiary/aromatic N) is 1. The summed E-state index contributed by atoms with van der Waals surface area (Å²) >= 11 is 6.00. The topological polar surface area (TPSA) is 86.8 Å². The van der Waals surface area contributed by atoms with Crippen molar-refractivity contribution >= 4 is 21.6 Å². The Hall–Kier alpha value is -2.08. The van der Waals surface area contributed by atoms with Gasteiger partial charge in [0.05, 0.1) is 17.9 Å². The van der Waals surface area contributed by atoms with Crippen molar-refractivity contribution < 1.29 is 35.8 Å². The molecule has 0 amide bonds. The number of benzene rings is 1. The molecule has 0 atom stereocenters. The van der Waals surface area contributed by atoms with E-state index in [1.807, 2.05) is 13.8 Å². The van der Waals surface area contributed by atoms with E-state index in [4.69, 9.17) is 25.8 Å². The van der Waals surface area contributed by atoms with E-state index < -0.39 is 21.8 Å². The van der Waals surface area contributed by atoms with Gasteiger partial charge in [-0.15, -0.1) is 0 Å². The molecule has 2 aromatic rings. The van der Waals surface area contributed by atoms with Gasteiger partial charge in [-0.1, -0.05) is 31.5 Å². The molecule has 1 aromatic heterocycles. The fourth-order valence-electron chi connectivity index (χ4n) is 3.15. The zero-order valence-corrected chi connectivity index (χ0v) is 21.4. The van der Waals surface area contributed by atoms with Crippen LogP contribution >= 0.6 is 11.6 Å². The third-order valence-electron chi connectivity index (χ3n) is 5.13. The lowest BCUT2D eigenvalue weighted by molar-refractivity contribution is -0.137. The second-order valence-corrected chi connectivity index (χ2v) is 10.1. The van der Waals surface area contributed by atoms with E-state index in [2.05, 4.69) is 9.71 Å². The number of sulfonamides is 1. The predicted octanol–water partition coefficient (Wildman–Crippen LogP) is 5.61. The fourth-order valence-corrected chi connectivity index (χ4v) is 4.84. The molecule has 12 heteroatoms. The minimum absolute atomic E-state index is 0.0890. The van der Waals surface area contributed by atoms with Gasteiger partial charge in [-0.2, -0.15) is 13.2 Å². The van der Waals surface area contributed by atoms with Crippen LogP contribution in [0.1, 0.15) is 44.2 Å². The second-order valence-electron chi connectivity index (χ2n) is 7.78. The first-order valence-corrected chi connectivity index (χ1v) is 13.2. The summed E-state index contributed by atoms with van der Waals surface area (Å²) in [6, 6.07) is 5.57. The predicted molar refractivity (Wildman–Crippen MR) is 128 cm³/mol. The molecule has 0 aliphatic heterocycles. The van der Waals surface area contributed by atoms with E-state index in [9.17, 15) is 21.6 Å². The molecule has 0 saturated carbocycles. The highest BCUT2D eigenvalue weighted by Crippen LogP contribution is 2.36. The number of pyridine rings is 1. The molecular formula is C23H30ClF3N2O5S. The Morgan fingerprint density at radius 1 is 1.14 bits per heavy atom. The van der Waals surface area contributed by atoms with Crippen LogP contribution in [0.4, 0.5) is 13.2 Å². The maximum atomic E-state index is 12.9. The molecule has 0 saturated heterocycles. The maximum Gasteiger partial charge on any atom is 0.417 e. The lowest BCUT2D eigenvalue weighted by Gasteiger charge is -2.16. The highest BCUT2D eigenvalue weighted by molar-refractivity contribution is 7.89. The second kappa shape index (κ2) is 13.3. The van der Waals surface area contributed by atoms with Crippen LogP contribution < -0.4 is 14.2 Å². The van der Waals surface area contributed by atoms with Gasteiger partial charge in [0.2, 0.25) is 15.9 Å². The van der Waals surface area contributed by atoms with Crippen LogP contribution in [0, 0.1) is 0 Å². The molecule has 196 valence electrons. The number of hydrogen-bond donors (Lipinski definition) is 1. The summed E-state index contributed by atoms with van der Waals surface area (Å²) in [4.78, 5) is 3.72. The van der Waals surface area contributed by atoms with Gasteiger partial charge in [0.1, 0.15) is 23.1 Å². The van der Waals surface area contributed by atoms with Gasteiger partial charge in [0.25, 0.3) is 0 Å². The molecule has 0 spiro atoms. The highest BCUT2D eigenvalue weighted by atomic mass is 35.5. The monoisotopic (exact) mass is 538 g/mol. The molecule has 0 radical (unpaired) electrons. The van der Waals surface area contributed by atoms with Gasteiger partial charge >= 0.3 is 6.18 Å². The number of hydrogen-bond acceptors (Lipinski definition) is 6. The normalized spacial score (nSPS) is 12.2.